The number of esters is 1. The summed E-state index contributed by atoms with van der Waals surface area (Å²) in [4.78, 5) is 39.8. The van der Waals surface area contributed by atoms with Crippen LogP contribution in [0.15, 0.2) is 53.4 Å². The molecule has 0 spiro atoms. The predicted octanol–water partition coefficient (Wildman–Crippen LogP) is 4.61. The molecule has 31 heavy (non-hydrogen) atoms. The van der Waals surface area contributed by atoms with Gasteiger partial charge in [0.05, 0.1) is 23.5 Å². The molecule has 1 heterocycles. The van der Waals surface area contributed by atoms with Crippen LogP contribution in [0, 0.1) is 0 Å². The van der Waals surface area contributed by atoms with Crippen molar-refractivity contribution in [1.82, 2.24) is 4.90 Å². The summed E-state index contributed by atoms with van der Waals surface area (Å²) in [6.45, 7) is 4.09. The number of hydrogen-bond acceptors (Lipinski definition) is 5. The lowest BCUT2D eigenvalue weighted by atomic mass is 10.2. The number of rotatable bonds is 9. The highest BCUT2D eigenvalue weighted by molar-refractivity contribution is 8.00. The Labute approximate surface area is 187 Å². The van der Waals surface area contributed by atoms with Gasteiger partial charge in [-0.3, -0.25) is 9.59 Å². The van der Waals surface area contributed by atoms with Gasteiger partial charge in [-0.1, -0.05) is 25.5 Å². The van der Waals surface area contributed by atoms with Crippen molar-refractivity contribution in [1.29, 1.82) is 0 Å². The van der Waals surface area contributed by atoms with Crippen LogP contribution in [0.1, 0.15) is 53.3 Å². The first-order chi connectivity index (χ1) is 15.1. The Bertz CT molecular complexity index is 908. The fraction of sp³-hybridized carbons (Fsp3) is 0.375. The second kappa shape index (κ2) is 11.6. The number of likely N-dealkylation sites (tertiary alicyclic amines) is 1. The summed E-state index contributed by atoms with van der Waals surface area (Å²) < 4.78 is 5.20. The van der Waals surface area contributed by atoms with Crippen LogP contribution in [-0.4, -0.2) is 48.1 Å². The molecule has 1 aliphatic rings. The van der Waals surface area contributed by atoms with Crippen molar-refractivity contribution in [2.24, 2.45) is 0 Å². The van der Waals surface area contributed by atoms with Crippen molar-refractivity contribution in [3.63, 3.8) is 0 Å². The standard InChI is InChI=1S/C24H28N2O4S/c1-2-3-16-30-24(29)18-10-12-19(13-11-18)25-23(28)20-8-4-5-9-21(20)31-17-22(27)26-14-6-7-15-26/h4-5,8-13H,2-3,6-7,14-17H2,1H3,(H,25,28). The van der Waals surface area contributed by atoms with Gasteiger partial charge in [0.15, 0.2) is 0 Å². The molecule has 1 aliphatic heterocycles. The highest BCUT2D eigenvalue weighted by atomic mass is 32.2. The summed E-state index contributed by atoms with van der Waals surface area (Å²) in [5, 5.41) is 2.86. The number of anilines is 1. The Morgan fingerprint density at radius 2 is 1.74 bits per heavy atom. The van der Waals surface area contributed by atoms with Crippen molar-refractivity contribution >= 4 is 35.2 Å². The zero-order chi connectivity index (χ0) is 22.1. The molecule has 0 aromatic heterocycles. The van der Waals surface area contributed by atoms with E-state index in [1.807, 2.05) is 24.0 Å². The Balaban J connectivity index is 1.59. The summed E-state index contributed by atoms with van der Waals surface area (Å²) in [6, 6.07) is 13.9. The fourth-order valence-electron chi connectivity index (χ4n) is 3.26. The number of carbonyl (C=O) groups excluding carboxylic acids is 3. The van der Waals surface area contributed by atoms with E-state index in [-0.39, 0.29) is 17.8 Å². The second-order valence-electron chi connectivity index (χ2n) is 7.39. The number of amides is 2. The molecule has 2 aromatic rings. The van der Waals surface area contributed by atoms with Crippen LogP contribution in [-0.2, 0) is 9.53 Å². The summed E-state index contributed by atoms with van der Waals surface area (Å²) in [5.41, 5.74) is 1.55. The Hall–Kier alpha value is -2.80. The van der Waals surface area contributed by atoms with Crippen LogP contribution < -0.4 is 5.32 Å². The number of nitrogens with zero attached hydrogens (tertiary/aromatic N) is 1. The van der Waals surface area contributed by atoms with Gasteiger partial charge < -0.3 is 15.0 Å². The summed E-state index contributed by atoms with van der Waals surface area (Å²) in [5.74, 6) is -0.191. The Morgan fingerprint density at radius 3 is 2.45 bits per heavy atom. The number of benzene rings is 2. The first-order valence-electron chi connectivity index (χ1n) is 10.7. The average Bonchev–Trinajstić information content (AvgIpc) is 3.33. The smallest absolute Gasteiger partial charge is 0.338 e. The van der Waals surface area contributed by atoms with Crippen molar-refractivity contribution < 1.29 is 19.1 Å². The Kier molecular flexibility index (Phi) is 8.53. The quantitative estimate of drug-likeness (QED) is 0.350. The maximum absolute atomic E-state index is 12.8. The van der Waals surface area contributed by atoms with Gasteiger partial charge in [-0.25, -0.2) is 4.79 Å². The lowest BCUT2D eigenvalue weighted by Crippen LogP contribution is -2.29. The SMILES string of the molecule is CCCCOC(=O)c1ccc(NC(=O)c2ccccc2SCC(=O)N2CCCC2)cc1. The Morgan fingerprint density at radius 1 is 1.03 bits per heavy atom. The molecular formula is C24H28N2O4S. The lowest BCUT2D eigenvalue weighted by Gasteiger charge is -2.15. The zero-order valence-electron chi connectivity index (χ0n) is 17.8. The van der Waals surface area contributed by atoms with Gasteiger partial charge in [0.1, 0.15) is 0 Å². The molecule has 1 N–H and O–H groups in total. The van der Waals surface area contributed by atoms with Gasteiger partial charge >= 0.3 is 5.97 Å². The van der Waals surface area contributed by atoms with Gasteiger partial charge in [-0.15, -0.1) is 11.8 Å². The topological polar surface area (TPSA) is 75.7 Å². The van der Waals surface area contributed by atoms with Gasteiger partial charge in [0.25, 0.3) is 5.91 Å². The van der Waals surface area contributed by atoms with E-state index < -0.39 is 0 Å². The number of carbonyl (C=O) groups is 3. The van der Waals surface area contributed by atoms with E-state index in [1.165, 1.54) is 11.8 Å². The predicted molar refractivity (Wildman–Crippen MR) is 123 cm³/mol. The number of nitrogens with one attached hydrogen (secondary N) is 1. The van der Waals surface area contributed by atoms with Crippen molar-refractivity contribution in [3.05, 3.63) is 59.7 Å². The van der Waals surface area contributed by atoms with Crippen LogP contribution in [0.3, 0.4) is 0 Å². The van der Waals surface area contributed by atoms with Gasteiger partial charge in [0.2, 0.25) is 5.91 Å². The van der Waals surface area contributed by atoms with Crippen molar-refractivity contribution in [2.45, 2.75) is 37.5 Å². The molecule has 2 amide bonds. The molecule has 0 saturated carbocycles. The van der Waals surface area contributed by atoms with E-state index in [0.717, 1.165) is 43.7 Å². The zero-order valence-corrected chi connectivity index (χ0v) is 18.6. The molecule has 1 fully saturated rings. The second-order valence-corrected chi connectivity index (χ2v) is 8.41. The third-order valence-electron chi connectivity index (χ3n) is 5.05. The minimum atomic E-state index is -0.365. The minimum Gasteiger partial charge on any atom is -0.462 e. The summed E-state index contributed by atoms with van der Waals surface area (Å²) in [6.07, 6.45) is 3.92. The third-order valence-corrected chi connectivity index (χ3v) is 6.11. The molecule has 3 rings (SSSR count). The molecule has 0 unspecified atom stereocenters. The maximum atomic E-state index is 12.8. The van der Waals surface area contributed by atoms with Crippen LogP contribution in [0.5, 0.6) is 0 Å². The summed E-state index contributed by atoms with van der Waals surface area (Å²) in [7, 11) is 0. The maximum Gasteiger partial charge on any atom is 0.338 e. The highest BCUT2D eigenvalue weighted by Gasteiger charge is 2.19. The molecule has 164 valence electrons. The molecule has 0 aliphatic carbocycles. The minimum absolute atomic E-state index is 0.110. The average molecular weight is 441 g/mol. The van der Waals surface area contributed by atoms with E-state index in [9.17, 15) is 14.4 Å². The van der Waals surface area contributed by atoms with Gasteiger partial charge in [0, 0.05) is 23.7 Å². The molecule has 0 atom stereocenters. The van der Waals surface area contributed by atoms with E-state index >= 15 is 0 Å². The number of unbranched alkanes of at least 4 members (excludes halogenated alkanes) is 1. The van der Waals surface area contributed by atoms with E-state index in [2.05, 4.69) is 5.32 Å². The molecule has 1 saturated heterocycles. The molecule has 6 nitrogen and oxygen atoms in total. The molecular weight excluding hydrogens is 412 g/mol. The molecule has 2 aromatic carbocycles. The van der Waals surface area contributed by atoms with E-state index in [4.69, 9.17) is 4.74 Å². The first kappa shape index (κ1) is 22.9. The first-order valence-corrected chi connectivity index (χ1v) is 11.6. The normalized spacial score (nSPS) is 13.1. The monoisotopic (exact) mass is 440 g/mol. The number of thioether (sulfide) groups is 1. The highest BCUT2D eigenvalue weighted by Crippen LogP contribution is 2.25. The van der Waals surface area contributed by atoms with Gasteiger partial charge in [-0.2, -0.15) is 0 Å². The largest absolute Gasteiger partial charge is 0.462 e. The van der Waals surface area contributed by atoms with Crippen molar-refractivity contribution in [2.75, 3.05) is 30.8 Å². The molecule has 0 radical (unpaired) electrons. The van der Waals surface area contributed by atoms with Crippen LogP contribution in [0.25, 0.3) is 0 Å². The number of hydrogen-bond donors (Lipinski definition) is 1. The van der Waals surface area contributed by atoms with Crippen LogP contribution in [0.4, 0.5) is 5.69 Å². The van der Waals surface area contributed by atoms with Gasteiger partial charge in [-0.05, 0) is 55.7 Å². The van der Waals surface area contributed by atoms with E-state index in [1.54, 1.807) is 36.4 Å². The fourth-order valence-corrected chi connectivity index (χ4v) is 4.21. The van der Waals surface area contributed by atoms with E-state index in [0.29, 0.717) is 29.2 Å². The molecule has 7 heteroatoms. The lowest BCUT2D eigenvalue weighted by molar-refractivity contribution is -0.127. The van der Waals surface area contributed by atoms with Crippen molar-refractivity contribution in [3.8, 4) is 0 Å². The number of ether oxygens (including phenoxy) is 1. The molecule has 0 bridgehead atoms. The summed E-state index contributed by atoms with van der Waals surface area (Å²) >= 11 is 1.38. The third kappa shape index (κ3) is 6.59. The van der Waals surface area contributed by atoms with Crippen LogP contribution in [0.2, 0.25) is 0 Å². The van der Waals surface area contributed by atoms with Crippen LogP contribution >= 0.6 is 11.8 Å².